The van der Waals surface area contributed by atoms with E-state index >= 15 is 0 Å². The predicted octanol–water partition coefficient (Wildman–Crippen LogP) is 4.23. The van der Waals surface area contributed by atoms with Crippen molar-refractivity contribution >= 4 is 27.5 Å². The maximum absolute atomic E-state index is 12.2. The number of ether oxygens (including phenoxy) is 2. The number of fused-ring (bicyclic) bond motifs is 1. The topological polar surface area (TPSA) is 71.3 Å². The van der Waals surface area contributed by atoms with Crippen LogP contribution in [0.15, 0.2) is 34.8 Å². The molecule has 0 aliphatic heterocycles. The molecule has 0 atom stereocenters. The summed E-state index contributed by atoms with van der Waals surface area (Å²) in [5.41, 5.74) is 3.90. The number of nitrogens with one attached hydrogen (secondary N) is 1. The van der Waals surface area contributed by atoms with Crippen molar-refractivity contribution in [1.82, 2.24) is 0 Å². The van der Waals surface area contributed by atoms with Crippen molar-refractivity contribution in [1.29, 1.82) is 5.26 Å². The van der Waals surface area contributed by atoms with Gasteiger partial charge in [0.05, 0.1) is 22.7 Å². The largest absolute Gasteiger partial charge is 0.490 e. The molecule has 0 bridgehead atoms. The van der Waals surface area contributed by atoms with E-state index in [-0.39, 0.29) is 12.5 Å². The van der Waals surface area contributed by atoms with Gasteiger partial charge in [-0.1, -0.05) is 6.07 Å². The van der Waals surface area contributed by atoms with E-state index in [1.807, 2.05) is 19.1 Å². The fourth-order valence-electron chi connectivity index (χ4n) is 3.02. The van der Waals surface area contributed by atoms with Crippen LogP contribution in [0.5, 0.6) is 11.5 Å². The van der Waals surface area contributed by atoms with Gasteiger partial charge in [0.1, 0.15) is 0 Å². The Hall–Kier alpha value is -2.52. The first-order valence-corrected chi connectivity index (χ1v) is 9.31. The molecule has 0 saturated carbocycles. The lowest BCUT2D eigenvalue weighted by atomic mass is 10.1. The van der Waals surface area contributed by atoms with Crippen LogP contribution in [0.2, 0.25) is 0 Å². The zero-order valence-corrected chi connectivity index (χ0v) is 16.1. The lowest BCUT2D eigenvalue weighted by molar-refractivity contribution is -0.118. The molecule has 0 unspecified atom stereocenters. The molecule has 134 valence electrons. The van der Waals surface area contributed by atoms with Crippen LogP contribution in [-0.4, -0.2) is 19.1 Å². The highest BCUT2D eigenvalue weighted by Gasteiger charge is 2.15. The predicted molar refractivity (Wildman–Crippen MR) is 103 cm³/mol. The monoisotopic (exact) mass is 414 g/mol. The van der Waals surface area contributed by atoms with E-state index in [1.165, 1.54) is 17.5 Å². The first-order valence-electron chi connectivity index (χ1n) is 8.51. The van der Waals surface area contributed by atoms with Gasteiger partial charge in [-0.05, 0) is 71.4 Å². The first-order chi connectivity index (χ1) is 12.6. The molecule has 1 N–H and O–H groups in total. The fraction of sp³-hybridized carbons (Fsp3) is 0.300. The second-order valence-electron chi connectivity index (χ2n) is 6.00. The number of benzene rings is 2. The molecule has 0 saturated heterocycles. The van der Waals surface area contributed by atoms with Crippen molar-refractivity contribution in [2.45, 2.75) is 26.2 Å². The molecule has 3 rings (SSSR count). The number of nitriles is 1. The number of nitrogens with zero attached hydrogens (tertiary/aromatic N) is 1. The molecule has 0 fully saturated rings. The molecule has 6 heteroatoms. The van der Waals surface area contributed by atoms with Gasteiger partial charge in [0.25, 0.3) is 5.91 Å². The number of aryl methyl sites for hydroxylation is 2. The van der Waals surface area contributed by atoms with Crippen LogP contribution in [0.1, 0.15) is 30.0 Å². The van der Waals surface area contributed by atoms with Crippen molar-refractivity contribution in [3.8, 4) is 17.6 Å². The Labute approximate surface area is 161 Å². The minimum atomic E-state index is -0.248. The first kappa shape index (κ1) is 18.3. The van der Waals surface area contributed by atoms with Gasteiger partial charge in [0, 0.05) is 11.8 Å². The Bertz CT molecular complexity index is 874. The maximum Gasteiger partial charge on any atom is 0.262 e. The van der Waals surface area contributed by atoms with Gasteiger partial charge >= 0.3 is 0 Å². The third kappa shape index (κ3) is 4.17. The van der Waals surface area contributed by atoms with Crippen LogP contribution in [0.4, 0.5) is 5.69 Å². The lowest BCUT2D eigenvalue weighted by Crippen LogP contribution is -2.20. The van der Waals surface area contributed by atoms with Crippen LogP contribution >= 0.6 is 15.9 Å². The minimum absolute atomic E-state index is 0.151. The zero-order valence-electron chi connectivity index (χ0n) is 14.5. The molecule has 0 spiro atoms. The maximum atomic E-state index is 12.2. The standard InChI is InChI=1S/C20H19BrN2O3/c1-2-25-18-9-13(11-22)8-17(21)20(18)26-12-19(24)23-16-7-6-14-4-3-5-15(14)10-16/h6-10H,2-5,12H2,1H3,(H,23,24). The summed E-state index contributed by atoms with van der Waals surface area (Å²) < 4.78 is 11.8. The van der Waals surface area contributed by atoms with Crippen LogP contribution in [-0.2, 0) is 17.6 Å². The second-order valence-corrected chi connectivity index (χ2v) is 6.86. The molecule has 0 aromatic heterocycles. The molecule has 2 aromatic carbocycles. The van der Waals surface area contributed by atoms with Gasteiger partial charge in [0.15, 0.2) is 18.1 Å². The number of carbonyl (C=O) groups excluding carboxylic acids is 1. The number of anilines is 1. The summed E-state index contributed by atoms with van der Waals surface area (Å²) in [5, 5.41) is 11.9. The molecule has 26 heavy (non-hydrogen) atoms. The number of hydrogen-bond acceptors (Lipinski definition) is 4. The number of amides is 1. The van der Waals surface area contributed by atoms with Crippen molar-refractivity contribution in [2.75, 3.05) is 18.5 Å². The number of carbonyl (C=O) groups is 1. The number of hydrogen-bond donors (Lipinski definition) is 1. The van der Waals surface area contributed by atoms with Crippen LogP contribution in [0.25, 0.3) is 0 Å². The molecule has 0 heterocycles. The highest BCUT2D eigenvalue weighted by atomic mass is 79.9. The molecule has 1 amide bonds. The molecule has 2 aromatic rings. The normalized spacial score (nSPS) is 12.2. The van der Waals surface area contributed by atoms with Crippen molar-refractivity contribution in [2.24, 2.45) is 0 Å². The van der Waals surface area contributed by atoms with Crippen LogP contribution in [0, 0.1) is 11.3 Å². The van der Waals surface area contributed by atoms with Crippen molar-refractivity contribution < 1.29 is 14.3 Å². The average Bonchev–Trinajstić information content (AvgIpc) is 3.08. The highest BCUT2D eigenvalue weighted by molar-refractivity contribution is 9.10. The smallest absolute Gasteiger partial charge is 0.262 e. The van der Waals surface area contributed by atoms with Crippen LogP contribution in [0.3, 0.4) is 0 Å². The summed E-state index contributed by atoms with van der Waals surface area (Å²) in [7, 11) is 0. The second kappa shape index (κ2) is 8.24. The zero-order chi connectivity index (χ0) is 18.5. The van der Waals surface area contributed by atoms with Gasteiger partial charge in [-0.2, -0.15) is 5.26 Å². The molecular formula is C20H19BrN2O3. The highest BCUT2D eigenvalue weighted by Crippen LogP contribution is 2.36. The van der Waals surface area contributed by atoms with Gasteiger partial charge in [-0.15, -0.1) is 0 Å². The lowest BCUT2D eigenvalue weighted by Gasteiger charge is -2.14. The van der Waals surface area contributed by atoms with E-state index in [1.54, 1.807) is 12.1 Å². The Morgan fingerprint density at radius 3 is 2.81 bits per heavy atom. The van der Waals surface area contributed by atoms with E-state index in [2.05, 4.69) is 33.4 Å². The Balaban J connectivity index is 1.67. The van der Waals surface area contributed by atoms with Gasteiger partial charge in [-0.3, -0.25) is 4.79 Å². The van der Waals surface area contributed by atoms with Gasteiger partial charge in [-0.25, -0.2) is 0 Å². The molecular weight excluding hydrogens is 396 g/mol. The summed E-state index contributed by atoms with van der Waals surface area (Å²) in [5.74, 6) is 0.598. The quantitative estimate of drug-likeness (QED) is 0.767. The van der Waals surface area contributed by atoms with Crippen molar-refractivity contribution in [3.63, 3.8) is 0 Å². The van der Waals surface area contributed by atoms with E-state index in [0.29, 0.717) is 28.1 Å². The van der Waals surface area contributed by atoms with Gasteiger partial charge in [0.2, 0.25) is 0 Å². The third-order valence-corrected chi connectivity index (χ3v) is 4.76. The summed E-state index contributed by atoms with van der Waals surface area (Å²) in [6.45, 7) is 2.12. The summed E-state index contributed by atoms with van der Waals surface area (Å²) >= 11 is 3.37. The Morgan fingerprint density at radius 2 is 2.04 bits per heavy atom. The van der Waals surface area contributed by atoms with Crippen molar-refractivity contribution in [3.05, 3.63) is 51.5 Å². The molecule has 1 aliphatic carbocycles. The summed E-state index contributed by atoms with van der Waals surface area (Å²) in [6.07, 6.45) is 3.34. The van der Waals surface area contributed by atoms with E-state index < -0.39 is 0 Å². The SMILES string of the molecule is CCOc1cc(C#N)cc(Br)c1OCC(=O)Nc1ccc2c(c1)CCC2. The Morgan fingerprint density at radius 1 is 1.23 bits per heavy atom. The number of halogens is 1. The molecule has 1 aliphatic rings. The van der Waals surface area contributed by atoms with Crippen LogP contribution < -0.4 is 14.8 Å². The summed E-state index contributed by atoms with van der Waals surface area (Å²) in [6, 6.07) is 11.3. The minimum Gasteiger partial charge on any atom is -0.490 e. The molecule has 5 nitrogen and oxygen atoms in total. The number of rotatable bonds is 6. The third-order valence-electron chi connectivity index (χ3n) is 4.17. The summed E-state index contributed by atoms with van der Waals surface area (Å²) in [4.78, 5) is 12.2. The van der Waals surface area contributed by atoms with Gasteiger partial charge < -0.3 is 14.8 Å². The van der Waals surface area contributed by atoms with E-state index in [0.717, 1.165) is 18.5 Å². The van der Waals surface area contributed by atoms with E-state index in [4.69, 9.17) is 14.7 Å². The average molecular weight is 415 g/mol. The fourth-order valence-corrected chi connectivity index (χ4v) is 3.58. The Kier molecular flexibility index (Phi) is 5.79. The molecule has 0 radical (unpaired) electrons. The van der Waals surface area contributed by atoms with E-state index in [9.17, 15) is 4.79 Å².